The second-order valence-corrected chi connectivity index (χ2v) is 6.13. The smallest absolute Gasteiger partial charge is 0.258 e. The van der Waals surface area contributed by atoms with Gasteiger partial charge in [0.15, 0.2) is 0 Å². The highest BCUT2D eigenvalue weighted by Gasteiger charge is 2.31. The Balaban J connectivity index is 1.92. The summed E-state index contributed by atoms with van der Waals surface area (Å²) in [6.45, 7) is 6.44. The lowest BCUT2D eigenvalue weighted by Crippen LogP contribution is -2.35. The fraction of sp³-hybridized carbons (Fsp3) is 0.316. The summed E-state index contributed by atoms with van der Waals surface area (Å²) in [4.78, 5) is 14.8. The normalized spacial score (nSPS) is 17.1. The lowest BCUT2D eigenvalue weighted by Gasteiger charge is -2.23. The van der Waals surface area contributed by atoms with Crippen LogP contribution >= 0.6 is 0 Å². The molecule has 2 aromatic carbocycles. The van der Waals surface area contributed by atoms with E-state index in [1.54, 1.807) is 0 Å². The maximum Gasteiger partial charge on any atom is 0.258 e. The third kappa shape index (κ3) is 2.46. The first kappa shape index (κ1) is 13.9. The van der Waals surface area contributed by atoms with Crippen molar-refractivity contribution in [2.45, 2.75) is 39.2 Å². The molecule has 108 valence electrons. The van der Waals surface area contributed by atoms with Gasteiger partial charge in [0.25, 0.3) is 5.91 Å². The molecule has 21 heavy (non-hydrogen) atoms. The molecule has 1 aliphatic heterocycles. The van der Waals surface area contributed by atoms with Crippen molar-refractivity contribution in [3.8, 4) is 0 Å². The SMILES string of the molecule is CC(C)c1ccc(C(=O)N2c3ccccc3C[C@@H]2C)cc1. The number of hydrogen-bond acceptors (Lipinski definition) is 1. The average Bonchev–Trinajstić information content (AvgIpc) is 2.82. The van der Waals surface area contributed by atoms with Crippen LogP contribution in [-0.4, -0.2) is 11.9 Å². The molecule has 0 bridgehead atoms. The molecule has 0 radical (unpaired) electrons. The zero-order valence-electron chi connectivity index (χ0n) is 12.8. The van der Waals surface area contributed by atoms with Gasteiger partial charge in [0.1, 0.15) is 0 Å². The minimum absolute atomic E-state index is 0.0998. The molecule has 0 saturated carbocycles. The monoisotopic (exact) mass is 279 g/mol. The molecule has 0 aliphatic carbocycles. The summed E-state index contributed by atoms with van der Waals surface area (Å²) in [5, 5.41) is 0. The van der Waals surface area contributed by atoms with E-state index >= 15 is 0 Å². The molecule has 1 aliphatic rings. The Hall–Kier alpha value is -2.09. The fourth-order valence-corrected chi connectivity index (χ4v) is 3.02. The molecule has 3 rings (SSSR count). The molecule has 0 unspecified atom stereocenters. The number of rotatable bonds is 2. The van der Waals surface area contributed by atoms with Gasteiger partial charge in [0.05, 0.1) is 0 Å². The van der Waals surface area contributed by atoms with Gasteiger partial charge in [-0.2, -0.15) is 0 Å². The quantitative estimate of drug-likeness (QED) is 0.797. The Morgan fingerprint density at radius 2 is 1.76 bits per heavy atom. The van der Waals surface area contributed by atoms with Crippen LogP contribution in [-0.2, 0) is 6.42 Å². The van der Waals surface area contributed by atoms with E-state index in [9.17, 15) is 4.79 Å². The van der Waals surface area contributed by atoms with Gasteiger partial charge in [-0.3, -0.25) is 4.79 Å². The summed E-state index contributed by atoms with van der Waals surface area (Å²) in [6.07, 6.45) is 0.936. The topological polar surface area (TPSA) is 20.3 Å². The van der Waals surface area contributed by atoms with Crippen molar-refractivity contribution in [3.05, 3.63) is 65.2 Å². The number of benzene rings is 2. The van der Waals surface area contributed by atoms with Gasteiger partial charge in [0.2, 0.25) is 0 Å². The Labute approximate surface area is 126 Å². The molecule has 1 amide bonds. The van der Waals surface area contributed by atoms with Crippen LogP contribution in [0.2, 0.25) is 0 Å². The van der Waals surface area contributed by atoms with E-state index in [2.05, 4.69) is 39.0 Å². The van der Waals surface area contributed by atoms with Crippen LogP contribution in [0.5, 0.6) is 0 Å². The Morgan fingerprint density at radius 3 is 2.43 bits per heavy atom. The van der Waals surface area contributed by atoms with Crippen LogP contribution < -0.4 is 4.90 Å². The van der Waals surface area contributed by atoms with Crippen LogP contribution in [0, 0.1) is 0 Å². The van der Waals surface area contributed by atoms with Crippen LogP contribution in [0.15, 0.2) is 48.5 Å². The summed E-state index contributed by atoms with van der Waals surface area (Å²) in [5.74, 6) is 0.586. The summed E-state index contributed by atoms with van der Waals surface area (Å²) < 4.78 is 0. The van der Waals surface area contributed by atoms with Crippen molar-refractivity contribution in [1.82, 2.24) is 0 Å². The third-order valence-corrected chi connectivity index (χ3v) is 4.25. The van der Waals surface area contributed by atoms with E-state index < -0.39 is 0 Å². The molecule has 2 nitrogen and oxygen atoms in total. The molecule has 2 aromatic rings. The average molecular weight is 279 g/mol. The van der Waals surface area contributed by atoms with Crippen molar-refractivity contribution in [1.29, 1.82) is 0 Å². The fourth-order valence-electron chi connectivity index (χ4n) is 3.02. The zero-order chi connectivity index (χ0) is 15.0. The van der Waals surface area contributed by atoms with Crippen LogP contribution in [0.1, 0.15) is 48.2 Å². The lowest BCUT2D eigenvalue weighted by atomic mass is 10.0. The van der Waals surface area contributed by atoms with E-state index in [-0.39, 0.29) is 11.9 Å². The highest BCUT2D eigenvalue weighted by molar-refractivity contribution is 6.07. The van der Waals surface area contributed by atoms with Gasteiger partial charge < -0.3 is 4.90 Å². The van der Waals surface area contributed by atoms with Gasteiger partial charge in [-0.15, -0.1) is 0 Å². The minimum Gasteiger partial charge on any atom is -0.305 e. The number of nitrogens with zero attached hydrogens (tertiary/aromatic N) is 1. The first-order valence-electron chi connectivity index (χ1n) is 7.59. The van der Waals surface area contributed by atoms with Crippen LogP contribution in [0.4, 0.5) is 5.69 Å². The van der Waals surface area contributed by atoms with Gasteiger partial charge in [-0.05, 0) is 48.6 Å². The highest BCUT2D eigenvalue weighted by atomic mass is 16.2. The van der Waals surface area contributed by atoms with Crippen molar-refractivity contribution < 1.29 is 4.79 Å². The zero-order valence-corrected chi connectivity index (χ0v) is 12.8. The van der Waals surface area contributed by atoms with Crippen molar-refractivity contribution in [2.75, 3.05) is 4.90 Å². The Morgan fingerprint density at radius 1 is 1.10 bits per heavy atom. The van der Waals surface area contributed by atoms with Crippen LogP contribution in [0.3, 0.4) is 0 Å². The Kier molecular flexibility index (Phi) is 3.54. The predicted molar refractivity (Wildman–Crippen MR) is 86.9 cm³/mol. The van der Waals surface area contributed by atoms with Crippen molar-refractivity contribution >= 4 is 11.6 Å². The summed E-state index contributed by atoms with van der Waals surface area (Å²) in [6, 6.07) is 16.4. The molecule has 1 atom stereocenters. The standard InChI is InChI=1S/C19H21NO/c1-13(2)15-8-10-16(11-9-15)19(21)20-14(3)12-17-6-4-5-7-18(17)20/h4-11,13-14H,12H2,1-3H3/t14-/m0/s1. The van der Waals surface area contributed by atoms with Crippen molar-refractivity contribution in [2.24, 2.45) is 0 Å². The second-order valence-electron chi connectivity index (χ2n) is 6.13. The Bertz CT molecular complexity index is 658. The van der Waals surface area contributed by atoms with Gasteiger partial charge >= 0.3 is 0 Å². The van der Waals surface area contributed by atoms with Crippen LogP contribution in [0.25, 0.3) is 0 Å². The maximum absolute atomic E-state index is 12.8. The lowest BCUT2D eigenvalue weighted by molar-refractivity contribution is 0.0981. The second kappa shape index (κ2) is 5.36. The molecular formula is C19H21NO. The number of para-hydroxylation sites is 1. The summed E-state index contributed by atoms with van der Waals surface area (Å²) in [7, 11) is 0. The molecule has 0 saturated heterocycles. The molecule has 0 fully saturated rings. The highest BCUT2D eigenvalue weighted by Crippen LogP contribution is 2.33. The number of hydrogen-bond donors (Lipinski definition) is 0. The van der Waals surface area contributed by atoms with E-state index in [1.165, 1.54) is 11.1 Å². The van der Waals surface area contributed by atoms with E-state index in [0.29, 0.717) is 5.92 Å². The van der Waals surface area contributed by atoms with E-state index in [4.69, 9.17) is 0 Å². The predicted octanol–water partition coefficient (Wildman–Crippen LogP) is 4.40. The third-order valence-electron chi connectivity index (χ3n) is 4.25. The van der Waals surface area contributed by atoms with Gasteiger partial charge in [-0.25, -0.2) is 0 Å². The van der Waals surface area contributed by atoms with Crippen molar-refractivity contribution in [3.63, 3.8) is 0 Å². The number of fused-ring (bicyclic) bond motifs is 1. The number of anilines is 1. The molecular weight excluding hydrogens is 258 g/mol. The maximum atomic E-state index is 12.8. The first-order chi connectivity index (χ1) is 10.1. The van der Waals surface area contributed by atoms with Gasteiger partial charge in [0, 0.05) is 17.3 Å². The largest absolute Gasteiger partial charge is 0.305 e. The summed E-state index contributed by atoms with van der Waals surface area (Å²) >= 11 is 0. The molecule has 0 spiro atoms. The number of carbonyl (C=O) groups is 1. The molecule has 0 N–H and O–H groups in total. The molecule has 1 heterocycles. The number of carbonyl (C=O) groups excluding carboxylic acids is 1. The molecule has 0 aromatic heterocycles. The first-order valence-corrected chi connectivity index (χ1v) is 7.59. The minimum atomic E-state index is 0.0998. The van der Waals surface area contributed by atoms with E-state index in [1.807, 2.05) is 35.2 Å². The number of amides is 1. The summed E-state index contributed by atoms with van der Waals surface area (Å²) in [5.41, 5.74) is 4.35. The van der Waals surface area contributed by atoms with E-state index in [0.717, 1.165) is 17.7 Å². The molecule has 2 heteroatoms. The van der Waals surface area contributed by atoms with Gasteiger partial charge in [-0.1, -0.05) is 44.2 Å².